The number of thiophene rings is 1. The van der Waals surface area contributed by atoms with Gasteiger partial charge < -0.3 is 4.52 Å². The summed E-state index contributed by atoms with van der Waals surface area (Å²) in [7, 11) is 2.07. The van der Waals surface area contributed by atoms with Crippen molar-refractivity contribution in [3.63, 3.8) is 0 Å². The molecule has 0 unspecified atom stereocenters. The highest BCUT2D eigenvalue weighted by molar-refractivity contribution is 7.17. The van der Waals surface area contributed by atoms with Crippen LogP contribution in [0.4, 0.5) is 0 Å². The van der Waals surface area contributed by atoms with E-state index in [1.54, 1.807) is 11.3 Å². The maximum absolute atomic E-state index is 5.43. The molecule has 0 saturated heterocycles. The number of aryl methyl sites for hydroxylation is 1. The molecule has 0 spiro atoms. The minimum atomic E-state index is 0.628. The SMILES string of the molecule is Cc1ccc(-c2noc(CN(C)Cc3csc4ccccc34)n2)cc1. The van der Waals surface area contributed by atoms with Crippen molar-refractivity contribution in [2.75, 3.05) is 7.05 Å². The fraction of sp³-hybridized carbons (Fsp3) is 0.200. The van der Waals surface area contributed by atoms with E-state index in [1.165, 1.54) is 21.2 Å². The van der Waals surface area contributed by atoms with Crippen LogP contribution in [0.25, 0.3) is 21.5 Å². The van der Waals surface area contributed by atoms with Crippen LogP contribution in [-0.4, -0.2) is 22.1 Å². The van der Waals surface area contributed by atoms with Crippen LogP contribution in [0.15, 0.2) is 58.4 Å². The second kappa shape index (κ2) is 6.78. The molecule has 2 heterocycles. The van der Waals surface area contributed by atoms with E-state index >= 15 is 0 Å². The average Bonchev–Trinajstić information content (AvgIpc) is 3.23. The molecular weight excluding hydrogens is 330 g/mol. The zero-order valence-corrected chi connectivity index (χ0v) is 15.1. The number of hydrogen-bond acceptors (Lipinski definition) is 5. The number of benzene rings is 2. The molecule has 5 heteroatoms. The molecule has 0 N–H and O–H groups in total. The monoisotopic (exact) mass is 349 g/mol. The van der Waals surface area contributed by atoms with Crippen molar-refractivity contribution >= 4 is 21.4 Å². The highest BCUT2D eigenvalue weighted by Crippen LogP contribution is 2.26. The van der Waals surface area contributed by atoms with E-state index in [2.05, 4.69) is 70.8 Å². The molecule has 4 rings (SSSR count). The third kappa shape index (κ3) is 3.48. The van der Waals surface area contributed by atoms with Crippen LogP contribution in [0, 0.1) is 6.92 Å². The van der Waals surface area contributed by atoms with Gasteiger partial charge in [-0.1, -0.05) is 53.2 Å². The molecule has 4 aromatic rings. The van der Waals surface area contributed by atoms with Gasteiger partial charge in [-0.2, -0.15) is 4.98 Å². The normalized spacial score (nSPS) is 11.5. The van der Waals surface area contributed by atoms with E-state index in [9.17, 15) is 0 Å². The van der Waals surface area contributed by atoms with Gasteiger partial charge in [-0.25, -0.2) is 0 Å². The van der Waals surface area contributed by atoms with Crippen LogP contribution < -0.4 is 0 Å². The summed E-state index contributed by atoms with van der Waals surface area (Å²) in [4.78, 5) is 6.72. The van der Waals surface area contributed by atoms with Crippen LogP contribution in [0.1, 0.15) is 17.0 Å². The molecule has 4 nitrogen and oxygen atoms in total. The molecule has 2 aromatic heterocycles. The first-order valence-electron chi connectivity index (χ1n) is 8.22. The lowest BCUT2D eigenvalue weighted by Crippen LogP contribution is -2.17. The van der Waals surface area contributed by atoms with E-state index in [0.717, 1.165) is 12.1 Å². The van der Waals surface area contributed by atoms with E-state index in [-0.39, 0.29) is 0 Å². The van der Waals surface area contributed by atoms with Crippen LogP contribution in [0.5, 0.6) is 0 Å². The van der Waals surface area contributed by atoms with E-state index in [0.29, 0.717) is 18.3 Å². The Bertz CT molecular complexity index is 988. The first-order chi connectivity index (χ1) is 12.2. The zero-order chi connectivity index (χ0) is 17.2. The van der Waals surface area contributed by atoms with Gasteiger partial charge >= 0.3 is 0 Å². The molecule has 25 heavy (non-hydrogen) atoms. The van der Waals surface area contributed by atoms with Crippen molar-refractivity contribution in [1.82, 2.24) is 15.0 Å². The van der Waals surface area contributed by atoms with Gasteiger partial charge in [-0.3, -0.25) is 4.90 Å². The maximum atomic E-state index is 5.43. The average molecular weight is 349 g/mol. The second-order valence-electron chi connectivity index (χ2n) is 6.31. The summed E-state index contributed by atoms with van der Waals surface area (Å²) in [6.07, 6.45) is 0. The molecule has 0 radical (unpaired) electrons. The first kappa shape index (κ1) is 16.0. The van der Waals surface area contributed by atoms with Crippen molar-refractivity contribution in [3.8, 4) is 11.4 Å². The van der Waals surface area contributed by atoms with Crippen molar-refractivity contribution in [2.45, 2.75) is 20.0 Å². The molecule has 0 saturated carbocycles. The third-order valence-electron chi connectivity index (χ3n) is 4.18. The Labute approximate surface area is 150 Å². The summed E-state index contributed by atoms with van der Waals surface area (Å²) in [5.41, 5.74) is 3.53. The number of fused-ring (bicyclic) bond motifs is 1. The second-order valence-corrected chi connectivity index (χ2v) is 7.22. The highest BCUT2D eigenvalue weighted by Gasteiger charge is 2.12. The summed E-state index contributed by atoms with van der Waals surface area (Å²) in [6, 6.07) is 16.7. The smallest absolute Gasteiger partial charge is 0.241 e. The van der Waals surface area contributed by atoms with Crippen LogP contribution in [0.2, 0.25) is 0 Å². The van der Waals surface area contributed by atoms with Gasteiger partial charge in [0, 0.05) is 16.8 Å². The first-order valence-corrected chi connectivity index (χ1v) is 9.10. The van der Waals surface area contributed by atoms with Gasteiger partial charge in [0.25, 0.3) is 0 Å². The topological polar surface area (TPSA) is 42.2 Å². The molecule has 0 atom stereocenters. The molecular formula is C20H19N3OS. The van der Waals surface area contributed by atoms with E-state index in [1.807, 2.05) is 12.1 Å². The standard InChI is InChI=1S/C20H19N3OS/c1-14-7-9-15(10-8-14)20-21-19(24-22-20)12-23(2)11-16-13-25-18-6-4-3-5-17(16)18/h3-10,13H,11-12H2,1-2H3. The lowest BCUT2D eigenvalue weighted by molar-refractivity contribution is 0.261. The quantitative estimate of drug-likeness (QED) is 0.514. The Morgan fingerprint density at radius 3 is 2.68 bits per heavy atom. The van der Waals surface area contributed by atoms with Crippen molar-refractivity contribution < 1.29 is 4.52 Å². The Morgan fingerprint density at radius 1 is 1.04 bits per heavy atom. The molecule has 0 aliphatic rings. The summed E-state index contributed by atoms with van der Waals surface area (Å²) in [5, 5.41) is 7.66. The van der Waals surface area contributed by atoms with Gasteiger partial charge in [0.05, 0.1) is 6.54 Å². The van der Waals surface area contributed by atoms with Crippen molar-refractivity contribution in [2.24, 2.45) is 0 Å². The van der Waals surface area contributed by atoms with E-state index in [4.69, 9.17) is 4.52 Å². The molecule has 2 aromatic carbocycles. The largest absolute Gasteiger partial charge is 0.338 e. The van der Waals surface area contributed by atoms with Crippen molar-refractivity contribution in [3.05, 3.63) is 70.9 Å². The summed E-state index contributed by atoms with van der Waals surface area (Å²) in [5.74, 6) is 1.28. The van der Waals surface area contributed by atoms with Crippen molar-refractivity contribution in [1.29, 1.82) is 0 Å². The molecule has 126 valence electrons. The Morgan fingerprint density at radius 2 is 1.84 bits per heavy atom. The van der Waals surface area contributed by atoms with Gasteiger partial charge in [-0.15, -0.1) is 11.3 Å². The Balaban J connectivity index is 1.46. The Hall–Kier alpha value is -2.50. The molecule has 0 aliphatic carbocycles. The summed E-state index contributed by atoms with van der Waals surface area (Å²) < 4.78 is 6.75. The van der Waals surface area contributed by atoms with Gasteiger partial charge in [-0.05, 0) is 36.4 Å². The van der Waals surface area contributed by atoms with Gasteiger partial charge in [0.1, 0.15) is 0 Å². The molecule has 0 fully saturated rings. The lowest BCUT2D eigenvalue weighted by atomic mass is 10.1. The fourth-order valence-corrected chi connectivity index (χ4v) is 3.83. The number of aromatic nitrogens is 2. The minimum absolute atomic E-state index is 0.628. The van der Waals surface area contributed by atoms with Crippen LogP contribution in [-0.2, 0) is 13.1 Å². The van der Waals surface area contributed by atoms with Gasteiger partial charge in [0.15, 0.2) is 0 Å². The predicted molar refractivity (Wildman–Crippen MR) is 101 cm³/mol. The minimum Gasteiger partial charge on any atom is -0.338 e. The van der Waals surface area contributed by atoms with E-state index < -0.39 is 0 Å². The summed E-state index contributed by atoms with van der Waals surface area (Å²) >= 11 is 1.79. The number of nitrogens with zero attached hydrogens (tertiary/aromatic N) is 3. The fourth-order valence-electron chi connectivity index (χ4n) is 2.87. The number of rotatable bonds is 5. The maximum Gasteiger partial charge on any atom is 0.241 e. The summed E-state index contributed by atoms with van der Waals surface area (Å²) in [6.45, 7) is 3.55. The highest BCUT2D eigenvalue weighted by atomic mass is 32.1. The lowest BCUT2D eigenvalue weighted by Gasteiger charge is -2.13. The van der Waals surface area contributed by atoms with Crippen LogP contribution in [0.3, 0.4) is 0 Å². The van der Waals surface area contributed by atoms with Gasteiger partial charge in [0.2, 0.25) is 11.7 Å². The molecule has 0 aliphatic heterocycles. The molecule has 0 bridgehead atoms. The Kier molecular flexibility index (Phi) is 4.34. The third-order valence-corrected chi connectivity index (χ3v) is 5.20. The predicted octanol–water partition coefficient (Wildman–Crippen LogP) is 4.89. The van der Waals surface area contributed by atoms with Crippen LogP contribution >= 0.6 is 11.3 Å². The molecule has 0 amide bonds. The number of hydrogen-bond donors (Lipinski definition) is 0. The zero-order valence-electron chi connectivity index (χ0n) is 14.3.